The molecule has 3 heteroatoms. The second-order valence-electron chi connectivity index (χ2n) is 5.70. The van der Waals surface area contributed by atoms with Crippen LogP contribution in [-0.2, 0) is 0 Å². The van der Waals surface area contributed by atoms with Crippen LogP contribution < -0.4 is 4.74 Å². The molecule has 0 bridgehead atoms. The van der Waals surface area contributed by atoms with Gasteiger partial charge in [-0.25, -0.2) is 0 Å². The van der Waals surface area contributed by atoms with E-state index >= 15 is 0 Å². The van der Waals surface area contributed by atoms with Crippen LogP contribution >= 0.6 is 11.6 Å². The first-order chi connectivity index (χ1) is 10.0. The highest BCUT2D eigenvalue weighted by atomic mass is 35.5. The van der Waals surface area contributed by atoms with Gasteiger partial charge in [0.25, 0.3) is 0 Å². The highest BCUT2D eigenvalue weighted by Gasteiger charge is 2.27. The van der Waals surface area contributed by atoms with Crippen molar-refractivity contribution in [3.05, 3.63) is 64.2 Å². The van der Waals surface area contributed by atoms with Crippen LogP contribution in [-0.4, -0.2) is 5.78 Å². The molecule has 0 aliphatic carbocycles. The van der Waals surface area contributed by atoms with Crippen molar-refractivity contribution in [1.29, 1.82) is 0 Å². The molecule has 3 rings (SSSR count). The first-order valence-corrected chi connectivity index (χ1v) is 7.51. The van der Waals surface area contributed by atoms with E-state index in [0.29, 0.717) is 28.7 Å². The maximum absolute atomic E-state index is 12.3. The van der Waals surface area contributed by atoms with E-state index in [4.69, 9.17) is 16.3 Å². The van der Waals surface area contributed by atoms with Gasteiger partial charge >= 0.3 is 0 Å². The Labute approximate surface area is 129 Å². The van der Waals surface area contributed by atoms with Gasteiger partial charge in [0.15, 0.2) is 5.78 Å². The van der Waals surface area contributed by atoms with Gasteiger partial charge in [-0.15, -0.1) is 0 Å². The molecule has 0 saturated carbocycles. The number of Topliss-reactive ketones (excluding diaryl/α,β-unsaturated/α-hetero) is 1. The summed E-state index contributed by atoms with van der Waals surface area (Å²) >= 11 is 5.93. The van der Waals surface area contributed by atoms with Crippen LogP contribution in [0.4, 0.5) is 0 Å². The lowest BCUT2D eigenvalue weighted by atomic mass is 9.94. The Morgan fingerprint density at radius 3 is 2.52 bits per heavy atom. The molecule has 0 spiro atoms. The molecule has 21 heavy (non-hydrogen) atoms. The zero-order valence-corrected chi connectivity index (χ0v) is 12.9. The SMILES string of the molecule is CC(C)c1ccc(C2CC(=O)c3cc(Cl)ccc3O2)cc1. The third-order valence-electron chi connectivity index (χ3n) is 3.86. The molecule has 1 aliphatic rings. The predicted molar refractivity (Wildman–Crippen MR) is 84.3 cm³/mol. The average Bonchev–Trinajstić information content (AvgIpc) is 2.48. The molecule has 2 aromatic carbocycles. The quantitative estimate of drug-likeness (QED) is 0.765. The lowest BCUT2D eigenvalue weighted by Gasteiger charge is -2.26. The molecule has 1 atom stereocenters. The Morgan fingerprint density at radius 1 is 1.14 bits per heavy atom. The van der Waals surface area contributed by atoms with Gasteiger partial charge in [0, 0.05) is 5.02 Å². The maximum Gasteiger partial charge on any atom is 0.170 e. The zero-order chi connectivity index (χ0) is 15.0. The van der Waals surface area contributed by atoms with Gasteiger partial charge in [-0.05, 0) is 35.2 Å². The van der Waals surface area contributed by atoms with Crippen molar-refractivity contribution in [2.75, 3.05) is 0 Å². The number of carbonyl (C=O) groups is 1. The second-order valence-corrected chi connectivity index (χ2v) is 6.13. The highest BCUT2D eigenvalue weighted by Crippen LogP contribution is 2.36. The van der Waals surface area contributed by atoms with Crippen molar-refractivity contribution in [2.24, 2.45) is 0 Å². The van der Waals surface area contributed by atoms with Gasteiger partial charge in [0.2, 0.25) is 0 Å². The molecule has 0 radical (unpaired) electrons. The maximum atomic E-state index is 12.3. The molecule has 1 heterocycles. The van der Waals surface area contributed by atoms with Crippen LogP contribution in [0.25, 0.3) is 0 Å². The third-order valence-corrected chi connectivity index (χ3v) is 4.09. The number of benzene rings is 2. The summed E-state index contributed by atoms with van der Waals surface area (Å²) in [4.78, 5) is 12.3. The summed E-state index contributed by atoms with van der Waals surface area (Å²) in [6.45, 7) is 4.32. The number of hydrogen-bond acceptors (Lipinski definition) is 2. The Morgan fingerprint density at radius 2 is 1.86 bits per heavy atom. The van der Waals surface area contributed by atoms with Gasteiger partial charge in [-0.2, -0.15) is 0 Å². The summed E-state index contributed by atoms with van der Waals surface area (Å²) in [6, 6.07) is 13.5. The normalized spacial score (nSPS) is 17.5. The van der Waals surface area contributed by atoms with Crippen LogP contribution in [0.3, 0.4) is 0 Å². The molecule has 0 saturated heterocycles. The van der Waals surface area contributed by atoms with Crippen molar-refractivity contribution in [2.45, 2.75) is 32.3 Å². The number of halogens is 1. The molecular weight excluding hydrogens is 284 g/mol. The van der Waals surface area contributed by atoms with E-state index in [0.717, 1.165) is 5.56 Å². The number of carbonyl (C=O) groups excluding carboxylic acids is 1. The largest absolute Gasteiger partial charge is 0.484 e. The van der Waals surface area contributed by atoms with E-state index in [-0.39, 0.29) is 11.9 Å². The van der Waals surface area contributed by atoms with Crippen LogP contribution in [0.2, 0.25) is 5.02 Å². The Hall–Kier alpha value is -1.80. The van der Waals surface area contributed by atoms with Crippen molar-refractivity contribution >= 4 is 17.4 Å². The van der Waals surface area contributed by atoms with E-state index in [2.05, 4.69) is 26.0 Å². The van der Waals surface area contributed by atoms with E-state index in [1.165, 1.54) is 5.56 Å². The molecular formula is C18H17ClO2. The molecule has 1 aliphatic heterocycles. The third kappa shape index (κ3) is 2.81. The Kier molecular flexibility index (Phi) is 3.73. The van der Waals surface area contributed by atoms with Crippen molar-refractivity contribution in [3.8, 4) is 5.75 Å². The van der Waals surface area contributed by atoms with E-state index in [9.17, 15) is 4.79 Å². The molecule has 0 aromatic heterocycles. The number of hydrogen-bond donors (Lipinski definition) is 0. The first kappa shape index (κ1) is 14.2. The van der Waals surface area contributed by atoms with Crippen LogP contribution in [0, 0.1) is 0 Å². The smallest absolute Gasteiger partial charge is 0.170 e. The fraction of sp³-hybridized carbons (Fsp3) is 0.278. The van der Waals surface area contributed by atoms with Crippen LogP contribution in [0.1, 0.15) is 53.8 Å². The average molecular weight is 301 g/mol. The van der Waals surface area contributed by atoms with Gasteiger partial charge in [0.1, 0.15) is 11.9 Å². The van der Waals surface area contributed by atoms with Crippen LogP contribution in [0.15, 0.2) is 42.5 Å². The van der Waals surface area contributed by atoms with E-state index in [1.807, 2.05) is 12.1 Å². The molecule has 2 aromatic rings. The summed E-state index contributed by atoms with van der Waals surface area (Å²) in [5, 5.41) is 0.561. The minimum Gasteiger partial charge on any atom is -0.484 e. The minimum absolute atomic E-state index is 0.0803. The van der Waals surface area contributed by atoms with Crippen LogP contribution in [0.5, 0.6) is 5.75 Å². The summed E-state index contributed by atoms with van der Waals surface area (Å²) in [6.07, 6.45) is 0.140. The summed E-state index contributed by atoms with van der Waals surface area (Å²) in [5.41, 5.74) is 2.90. The molecule has 0 fully saturated rings. The zero-order valence-electron chi connectivity index (χ0n) is 12.1. The fourth-order valence-corrected chi connectivity index (χ4v) is 2.75. The standard InChI is InChI=1S/C18H17ClO2/c1-11(2)12-3-5-13(6-4-12)18-10-16(20)15-9-14(19)7-8-17(15)21-18/h3-9,11,18H,10H2,1-2H3. The van der Waals surface area contributed by atoms with Crippen molar-refractivity contribution in [1.82, 2.24) is 0 Å². The molecule has 1 unspecified atom stereocenters. The highest BCUT2D eigenvalue weighted by molar-refractivity contribution is 6.31. The fourth-order valence-electron chi connectivity index (χ4n) is 2.58. The minimum atomic E-state index is -0.215. The van der Waals surface area contributed by atoms with Crippen molar-refractivity contribution in [3.63, 3.8) is 0 Å². The number of fused-ring (bicyclic) bond motifs is 1. The summed E-state index contributed by atoms with van der Waals surface area (Å²) in [7, 11) is 0. The number of ketones is 1. The van der Waals surface area contributed by atoms with Crippen molar-refractivity contribution < 1.29 is 9.53 Å². The first-order valence-electron chi connectivity index (χ1n) is 7.14. The molecule has 108 valence electrons. The molecule has 2 nitrogen and oxygen atoms in total. The van der Waals surface area contributed by atoms with Gasteiger partial charge in [-0.3, -0.25) is 4.79 Å². The second kappa shape index (κ2) is 5.53. The van der Waals surface area contributed by atoms with Gasteiger partial charge in [-0.1, -0.05) is 49.7 Å². The number of rotatable bonds is 2. The lowest BCUT2D eigenvalue weighted by Crippen LogP contribution is -2.20. The Bertz CT molecular complexity index is 674. The Balaban J connectivity index is 1.88. The lowest BCUT2D eigenvalue weighted by molar-refractivity contribution is 0.0850. The topological polar surface area (TPSA) is 26.3 Å². The van der Waals surface area contributed by atoms with E-state index < -0.39 is 0 Å². The molecule has 0 amide bonds. The number of ether oxygens (including phenoxy) is 1. The van der Waals surface area contributed by atoms with Gasteiger partial charge in [0.05, 0.1) is 12.0 Å². The molecule has 0 N–H and O–H groups in total. The predicted octanol–water partition coefficient (Wildman–Crippen LogP) is 5.17. The summed E-state index contributed by atoms with van der Waals surface area (Å²) < 4.78 is 5.96. The summed E-state index contributed by atoms with van der Waals surface area (Å²) in [5.74, 6) is 1.20. The monoisotopic (exact) mass is 300 g/mol. The van der Waals surface area contributed by atoms with E-state index in [1.54, 1.807) is 18.2 Å². The van der Waals surface area contributed by atoms with Gasteiger partial charge < -0.3 is 4.74 Å².